The van der Waals surface area contributed by atoms with E-state index in [1.54, 1.807) is 0 Å². The van der Waals surface area contributed by atoms with Crippen LogP contribution in [-0.4, -0.2) is 45.7 Å². The normalized spacial score (nSPS) is 21.2. The monoisotopic (exact) mass is 231 g/mol. The summed E-state index contributed by atoms with van der Waals surface area (Å²) in [5.74, 6) is 0.736. The first-order chi connectivity index (χ1) is 8.22. The van der Waals surface area contributed by atoms with Gasteiger partial charge in [0.25, 0.3) is 0 Å². The summed E-state index contributed by atoms with van der Waals surface area (Å²) < 4.78 is 1.83. The van der Waals surface area contributed by atoms with Gasteiger partial charge < -0.3 is 10.2 Å². The average Bonchev–Trinajstić information content (AvgIpc) is 2.86. The van der Waals surface area contributed by atoms with E-state index in [0.29, 0.717) is 6.04 Å². The molecule has 1 N–H and O–H groups in total. The largest absolute Gasteiger partial charge is 0.349 e. The molecule has 0 saturated carbocycles. The molecule has 90 valence electrons. The molecule has 1 fully saturated rings. The zero-order valence-electron chi connectivity index (χ0n) is 10.2. The van der Waals surface area contributed by atoms with Crippen molar-refractivity contribution in [1.82, 2.24) is 19.5 Å². The van der Waals surface area contributed by atoms with Crippen LogP contribution >= 0.6 is 0 Å². The second kappa shape index (κ2) is 4.00. The van der Waals surface area contributed by atoms with Crippen molar-refractivity contribution in [2.24, 2.45) is 0 Å². The van der Waals surface area contributed by atoms with E-state index in [1.165, 1.54) is 0 Å². The summed E-state index contributed by atoms with van der Waals surface area (Å²) in [6, 6.07) is 4.51. The van der Waals surface area contributed by atoms with Gasteiger partial charge in [-0.3, -0.25) is 0 Å². The van der Waals surface area contributed by atoms with E-state index < -0.39 is 0 Å². The van der Waals surface area contributed by atoms with Gasteiger partial charge in [0.15, 0.2) is 5.65 Å². The van der Waals surface area contributed by atoms with Crippen molar-refractivity contribution >= 4 is 11.6 Å². The Bertz CT molecular complexity index is 533. The number of hydrogen-bond acceptors (Lipinski definition) is 4. The molecule has 1 aliphatic rings. The van der Waals surface area contributed by atoms with Crippen LogP contribution in [0.3, 0.4) is 0 Å². The molecule has 1 saturated heterocycles. The molecule has 3 heterocycles. The molecule has 1 aliphatic heterocycles. The third-order valence-corrected chi connectivity index (χ3v) is 3.28. The van der Waals surface area contributed by atoms with Crippen LogP contribution in [0.25, 0.3) is 5.65 Å². The van der Waals surface area contributed by atoms with Crippen molar-refractivity contribution in [3.8, 4) is 0 Å². The van der Waals surface area contributed by atoms with Crippen LogP contribution in [0.15, 0.2) is 18.3 Å². The molecule has 5 nitrogen and oxygen atoms in total. The summed E-state index contributed by atoms with van der Waals surface area (Å²) >= 11 is 0. The number of pyridine rings is 1. The Balaban J connectivity index is 1.84. The summed E-state index contributed by atoms with van der Waals surface area (Å²) in [7, 11) is 2.14. The van der Waals surface area contributed by atoms with Crippen LogP contribution in [0.5, 0.6) is 0 Å². The second-order valence-electron chi connectivity index (χ2n) is 4.79. The predicted molar refractivity (Wildman–Crippen MR) is 67.2 cm³/mol. The summed E-state index contributed by atoms with van der Waals surface area (Å²) in [5.41, 5.74) is 2.08. The van der Waals surface area contributed by atoms with Crippen LogP contribution < -0.4 is 5.32 Å². The fourth-order valence-electron chi connectivity index (χ4n) is 2.34. The minimum absolute atomic E-state index is 0.470. The van der Waals surface area contributed by atoms with Crippen LogP contribution in [0, 0.1) is 6.92 Å². The predicted octanol–water partition coefficient (Wildman–Crippen LogP) is 1.15. The van der Waals surface area contributed by atoms with Crippen LogP contribution in [0.4, 0.5) is 5.95 Å². The lowest BCUT2D eigenvalue weighted by atomic mass is 10.3. The number of nitrogens with one attached hydrogen (secondary N) is 1. The Morgan fingerprint density at radius 1 is 1.47 bits per heavy atom. The lowest BCUT2D eigenvalue weighted by molar-refractivity contribution is 0.414. The van der Waals surface area contributed by atoms with Gasteiger partial charge in [0.05, 0.1) is 0 Å². The zero-order valence-corrected chi connectivity index (χ0v) is 10.2. The number of anilines is 1. The van der Waals surface area contributed by atoms with Crippen molar-refractivity contribution in [2.75, 3.05) is 25.5 Å². The van der Waals surface area contributed by atoms with E-state index in [9.17, 15) is 0 Å². The molecular formula is C12H17N5. The van der Waals surface area contributed by atoms with E-state index in [-0.39, 0.29) is 0 Å². The number of aromatic nitrogens is 3. The molecule has 0 bridgehead atoms. The molecule has 2 aromatic heterocycles. The summed E-state index contributed by atoms with van der Waals surface area (Å²) in [5, 5.41) is 7.84. The Labute approximate surface area is 100 Å². The Kier molecular flexibility index (Phi) is 2.48. The third-order valence-electron chi connectivity index (χ3n) is 3.28. The molecular weight excluding hydrogens is 214 g/mol. The molecule has 0 spiro atoms. The van der Waals surface area contributed by atoms with Gasteiger partial charge in [-0.15, -0.1) is 5.10 Å². The topological polar surface area (TPSA) is 45.5 Å². The van der Waals surface area contributed by atoms with E-state index in [2.05, 4.69) is 40.3 Å². The summed E-state index contributed by atoms with van der Waals surface area (Å²) in [6.07, 6.45) is 3.09. The van der Waals surface area contributed by atoms with Gasteiger partial charge in [0.1, 0.15) is 0 Å². The zero-order chi connectivity index (χ0) is 11.8. The highest BCUT2D eigenvalue weighted by atomic mass is 15.4. The van der Waals surface area contributed by atoms with E-state index in [0.717, 1.165) is 36.7 Å². The molecule has 3 rings (SSSR count). The molecule has 2 aromatic rings. The average molecular weight is 231 g/mol. The van der Waals surface area contributed by atoms with E-state index in [1.807, 2.05) is 16.8 Å². The van der Waals surface area contributed by atoms with Crippen molar-refractivity contribution < 1.29 is 0 Å². The molecule has 0 amide bonds. The third kappa shape index (κ3) is 1.98. The standard InChI is InChI=1S/C12H17N5/c1-9-4-3-6-17-11(9)14-12(15-17)13-10-5-7-16(2)8-10/h3-4,6,10H,5,7-8H2,1-2H3,(H,13,15). The first kappa shape index (κ1) is 10.5. The number of fused-ring (bicyclic) bond motifs is 1. The SMILES string of the molecule is Cc1cccn2nc(NC3CCN(C)C3)nc12. The smallest absolute Gasteiger partial charge is 0.243 e. The number of rotatable bonds is 2. The Morgan fingerprint density at radius 3 is 3.06 bits per heavy atom. The van der Waals surface area contributed by atoms with Gasteiger partial charge in [-0.2, -0.15) is 4.98 Å². The van der Waals surface area contributed by atoms with Crippen LogP contribution in [0.1, 0.15) is 12.0 Å². The summed E-state index contributed by atoms with van der Waals surface area (Å²) in [6.45, 7) is 4.26. The van der Waals surface area contributed by atoms with Crippen molar-refractivity contribution in [1.29, 1.82) is 0 Å². The molecule has 17 heavy (non-hydrogen) atoms. The molecule has 1 unspecified atom stereocenters. The van der Waals surface area contributed by atoms with E-state index >= 15 is 0 Å². The highest BCUT2D eigenvalue weighted by molar-refractivity contribution is 5.50. The quantitative estimate of drug-likeness (QED) is 0.842. The Hall–Kier alpha value is -1.62. The highest BCUT2D eigenvalue weighted by Gasteiger charge is 2.20. The first-order valence-electron chi connectivity index (χ1n) is 5.99. The van der Waals surface area contributed by atoms with Crippen molar-refractivity contribution in [3.05, 3.63) is 23.9 Å². The lowest BCUT2D eigenvalue weighted by Crippen LogP contribution is -2.24. The van der Waals surface area contributed by atoms with Gasteiger partial charge in [0.2, 0.25) is 5.95 Å². The lowest BCUT2D eigenvalue weighted by Gasteiger charge is -2.10. The maximum absolute atomic E-state index is 4.52. The first-order valence-corrected chi connectivity index (χ1v) is 5.99. The van der Waals surface area contributed by atoms with Gasteiger partial charge >= 0.3 is 0 Å². The van der Waals surface area contributed by atoms with Gasteiger partial charge in [-0.1, -0.05) is 6.07 Å². The molecule has 0 radical (unpaired) electrons. The molecule has 5 heteroatoms. The number of aryl methyl sites for hydroxylation is 1. The van der Waals surface area contributed by atoms with Crippen LogP contribution in [0.2, 0.25) is 0 Å². The number of likely N-dealkylation sites (N-methyl/N-ethyl adjacent to an activating group) is 1. The fourth-order valence-corrected chi connectivity index (χ4v) is 2.34. The minimum atomic E-state index is 0.470. The van der Waals surface area contributed by atoms with Gasteiger partial charge in [-0.05, 0) is 38.6 Å². The fraction of sp³-hybridized carbons (Fsp3) is 0.500. The second-order valence-corrected chi connectivity index (χ2v) is 4.79. The Morgan fingerprint density at radius 2 is 2.35 bits per heavy atom. The van der Waals surface area contributed by atoms with Crippen molar-refractivity contribution in [2.45, 2.75) is 19.4 Å². The number of hydrogen-bond donors (Lipinski definition) is 1. The highest BCUT2D eigenvalue weighted by Crippen LogP contribution is 2.14. The minimum Gasteiger partial charge on any atom is -0.349 e. The summed E-state index contributed by atoms with van der Waals surface area (Å²) in [4.78, 5) is 6.84. The van der Waals surface area contributed by atoms with E-state index in [4.69, 9.17) is 0 Å². The van der Waals surface area contributed by atoms with Crippen molar-refractivity contribution in [3.63, 3.8) is 0 Å². The maximum Gasteiger partial charge on any atom is 0.243 e. The van der Waals surface area contributed by atoms with Gasteiger partial charge in [0, 0.05) is 18.8 Å². The molecule has 0 aromatic carbocycles. The van der Waals surface area contributed by atoms with Gasteiger partial charge in [-0.25, -0.2) is 4.52 Å². The number of nitrogens with zero attached hydrogens (tertiary/aromatic N) is 4. The van der Waals surface area contributed by atoms with Crippen LogP contribution in [-0.2, 0) is 0 Å². The molecule has 1 atom stereocenters. The molecule has 0 aliphatic carbocycles. The number of likely N-dealkylation sites (tertiary alicyclic amines) is 1. The maximum atomic E-state index is 4.52.